The van der Waals surface area contributed by atoms with Crippen LogP contribution < -0.4 is 5.32 Å². The van der Waals surface area contributed by atoms with Crippen molar-refractivity contribution in [2.45, 2.75) is 0 Å². The molecule has 1 N–H and O–H groups in total. The highest BCUT2D eigenvalue weighted by Gasteiger charge is 2.26. The largest absolute Gasteiger partial charge is 0.465 e. The van der Waals surface area contributed by atoms with Gasteiger partial charge in [0.15, 0.2) is 0 Å². The lowest BCUT2D eigenvalue weighted by Gasteiger charge is -2.07. The topological polar surface area (TPSA) is 98.5 Å². The molecular weight excluding hydrogens is 406 g/mol. The number of rotatable bonds is 3. The quantitative estimate of drug-likeness (QED) is 0.511. The lowest BCUT2D eigenvalue weighted by Crippen LogP contribution is -2.17. The number of esters is 1. The van der Waals surface area contributed by atoms with E-state index < -0.39 is 34.3 Å². The molecule has 146 valence electrons. The number of methoxy groups -OCH3 is 1. The van der Waals surface area contributed by atoms with Crippen molar-refractivity contribution in [2.24, 2.45) is 0 Å². The van der Waals surface area contributed by atoms with Gasteiger partial charge in [0.1, 0.15) is 28.5 Å². The Kier molecular flexibility index (Phi) is 4.63. The van der Waals surface area contributed by atoms with E-state index in [-0.39, 0.29) is 27.4 Å². The van der Waals surface area contributed by atoms with Gasteiger partial charge >= 0.3 is 5.97 Å². The van der Waals surface area contributed by atoms with E-state index in [1.807, 2.05) is 0 Å². The Morgan fingerprint density at radius 2 is 1.93 bits per heavy atom. The molecule has 1 aromatic carbocycles. The zero-order valence-corrected chi connectivity index (χ0v) is 15.4. The number of amides is 2. The Morgan fingerprint density at radius 1 is 1.21 bits per heavy atom. The molecule has 1 fully saturated rings. The molecule has 0 aliphatic carbocycles. The van der Waals surface area contributed by atoms with Crippen LogP contribution in [0, 0.1) is 11.6 Å². The SMILES string of the molecule is COC(=O)c1c(F)cc(-c2cncc3cc(/C=C4/SC(=O)NC4=O)oc23)cc1F. The number of carbonyl (C=O) groups is 3. The minimum absolute atomic E-state index is 0.0995. The van der Waals surface area contributed by atoms with E-state index in [0.717, 1.165) is 31.0 Å². The maximum Gasteiger partial charge on any atom is 0.343 e. The van der Waals surface area contributed by atoms with Crippen molar-refractivity contribution in [3.05, 3.63) is 58.5 Å². The van der Waals surface area contributed by atoms with Crippen LogP contribution in [0.1, 0.15) is 16.1 Å². The lowest BCUT2D eigenvalue weighted by atomic mass is 10.0. The lowest BCUT2D eigenvalue weighted by molar-refractivity contribution is -0.115. The number of fused-ring (bicyclic) bond motifs is 1. The van der Waals surface area contributed by atoms with E-state index in [0.29, 0.717) is 5.39 Å². The smallest absolute Gasteiger partial charge is 0.343 e. The number of furan rings is 1. The molecule has 0 bridgehead atoms. The van der Waals surface area contributed by atoms with Gasteiger partial charge in [-0.1, -0.05) is 0 Å². The highest BCUT2D eigenvalue weighted by Crippen LogP contribution is 2.34. The first kappa shape index (κ1) is 18.8. The Morgan fingerprint density at radius 3 is 2.55 bits per heavy atom. The van der Waals surface area contributed by atoms with E-state index in [4.69, 9.17) is 4.42 Å². The maximum atomic E-state index is 14.3. The van der Waals surface area contributed by atoms with Gasteiger partial charge in [0.2, 0.25) is 0 Å². The molecule has 2 amide bonds. The minimum Gasteiger partial charge on any atom is -0.465 e. The van der Waals surface area contributed by atoms with Gasteiger partial charge in [-0.05, 0) is 35.5 Å². The number of aromatic nitrogens is 1. The number of ether oxygens (including phenoxy) is 1. The highest BCUT2D eigenvalue weighted by atomic mass is 32.2. The number of halogens is 2. The number of hydrogen-bond donors (Lipinski definition) is 1. The summed E-state index contributed by atoms with van der Waals surface area (Å²) in [4.78, 5) is 38.7. The van der Waals surface area contributed by atoms with Crippen LogP contribution in [0.5, 0.6) is 0 Å². The first-order valence-corrected chi connectivity index (χ1v) is 8.89. The highest BCUT2D eigenvalue weighted by molar-refractivity contribution is 8.18. The van der Waals surface area contributed by atoms with Gasteiger partial charge in [0, 0.05) is 29.4 Å². The number of benzene rings is 1. The zero-order chi connectivity index (χ0) is 20.7. The van der Waals surface area contributed by atoms with E-state index in [2.05, 4.69) is 15.0 Å². The van der Waals surface area contributed by atoms with E-state index in [9.17, 15) is 23.2 Å². The fourth-order valence-electron chi connectivity index (χ4n) is 2.83. The van der Waals surface area contributed by atoms with Gasteiger partial charge in [-0.2, -0.15) is 0 Å². The van der Waals surface area contributed by atoms with Crippen molar-refractivity contribution >= 4 is 45.9 Å². The average Bonchev–Trinajstić information content (AvgIpc) is 3.22. The summed E-state index contributed by atoms with van der Waals surface area (Å²) in [5, 5.41) is 2.16. The third-order valence-corrected chi connectivity index (χ3v) is 4.91. The molecule has 7 nitrogen and oxygen atoms in total. The Hall–Kier alpha value is -3.53. The van der Waals surface area contributed by atoms with Gasteiger partial charge in [0.25, 0.3) is 11.1 Å². The normalized spacial score (nSPS) is 15.2. The Bertz CT molecular complexity index is 1210. The molecule has 3 aromatic rings. The van der Waals surface area contributed by atoms with Gasteiger partial charge in [-0.15, -0.1) is 0 Å². The van der Waals surface area contributed by atoms with Crippen LogP contribution in [0.2, 0.25) is 0 Å². The fraction of sp³-hybridized carbons (Fsp3) is 0.0526. The van der Waals surface area contributed by atoms with E-state index in [1.165, 1.54) is 18.5 Å². The molecule has 2 aromatic heterocycles. The molecular formula is C19H10F2N2O5S. The molecule has 1 aliphatic heterocycles. The summed E-state index contributed by atoms with van der Waals surface area (Å²) < 4.78 is 38.7. The summed E-state index contributed by atoms with van der Waals surface area (Å²) >= 11 is 0.732. The van der Waals surface area contributed by atoms with Crippen molar-refractivity contribution in [3.8, 4) is 11.1 Å². The maximum absolute atomic E-state index is 14.3. The molecule has 3 heterocycles. The summed E-state index contributed by atoms with van der Waals surface area (Å²) in [6.07, 6.45) is 4.22. The molecule has 10 heteroatoms. The number of imide groups is 1. The second-order valence-electron chi connectivity index (χ2n) is 5.91. The van der Waals surface area contributed by atoms with Crippen LogP contribution >= 0.6 is 11.8 Å². The standard InChI is InChI=1S/C19H10F2N2O5S/c1-27-18(25)15-12(20)3-8(4-13(15)21)11-7-22-6-9-2-10(28-16(9)11)5-14-17(24)23-19(26)29-14/h2-7H,1H3,(H,23,24,26)/b14-5+. The molecule has 0 saturated carbocycles. The average molecular weight is 416 g/mol. The molecule has 4 rings (SSSR count). The van der Waals surface area contributed by atoms with Gasteiger partial charge < -0.3 is 9.15 Å². The number of nitrogens with one attached hydrogen (secondary N) is 1. The first-order valence-electron chi connectivity index (χ1n) is 8.07. The second-order valence-corrected chi connectivity index (χ2v) is 6.93. The summed E-state index contributed by atoms with van der Waals surface area (Å²) in [5.74, 6) is -3.59. The predicted octanol–water partition coefficient (Wildman–Crippen LogP) is 3.88. The summed E-state index contributed by atoms with van der Waals surface area (Å²) in [6.45, 7) is 0. The molecule has 0 unspecified atom stereocenters. The molecule has 1 saturated heterocycles. The van der Waals surface area contributed by atoms with Crippen LogP contribution in [0.3, 0.4) is 0 Å². The summed E-state index contributed by atoms with van der Waals surface area (Å²) in [7, 11) is 1.02. The number of thioether (sulfide) groups is 1. The molecule has 0 spiro atoms. The summed E-state index contributed by atoms with van der Waals surface area (Å²) in [5.41, 5.74) is -0.148. The van der Waals surface area contributed by atoms with Crippen molar-refractivity contribution in [1.82, 2.24) is 10.3 Å². The third kappa shape index (κ3) is 3.38. The van der Waals surface area contributed by atoms with Crippen molar-refractivity contribution in [2.75, 3.05) is 7.11 Å². The van der Waals surface area contributed by atoms with Gasteiger partial charge in [-0.25, -0.2) is 13.6 Å². The van der Waals surface area contributed by atoms with Crippen LogP contribution in [0.4, 0.5) is 13.6 Å². The molecule has 1 aliphatic rings. The number of carbonyl (C=O) groups excluding carboxylic acids is 3. The molecule has 29 heavy (non-hydrogen) atoms. The van der Waals surface area contributed by atoms with E-state index in [1.54, 1.807) is 6.07 Å². The second kappa shape index (κ2) is 7.13. The molecule has 0 radical (unpaired) electrons. The predicted molar refractivity (Wildman–Crippen MR) is 99.8 cm³/mol. The monoisotopic (exact) mass is 416 g/mol. The third-order valence-electron chi connectivity index (χ3n) is 4.10. The van der Waals surface area contributed by atoms with Gasteiger partial charge in [-0.3, -0.25) is 19.9 Å². The van der Waals surface area contributed by atoms with Crippen molar-refractivity contribution in [3.63, 3.8) is 0 Å². The number of nitrogens with zero attached hydrogens (tertiary/aromatic N) is 1. The first-order chi connectivity index (χ1) is 13.9. The van der Waals surface area contributed by atoms with Crippen LogP contribution in [-0.2, 0) is 9.53 Å². The molecule has 0 atom stereocenters. The summed E-state index contributed by atoms with van der Waals surface area (Å²) in [6, 6.07) is 3.53. The van der Waals surface area contributed by atoms with Gasteiger partial charge in [0.05, 0.1) is 12.0 Å². The minimum atomic E-state index is -1.13. The van der Waals surface area contributed by atoms with E-state index >= 15 is 0 Å². The Balaban J connectivity index is 1.81. The fourth-order valence-corrected chi connectivity index (χ4v) is 3.50. The number of pyridine rings is 1. The zero-order valence-electron chi connectivity index (χ0n) is 14.6. The number of hydrogen-bond acceptors (Lipinski definition) is 7. The van der Waals surface area contributed by atoms with Crippen LogP contribution in [0.15, 0.2) is 39.9 Å². The van der Waals surface area contributed by atoms with Crippen LogP contribution in [-0.4, -0.2) is 29.2 Å². The van der Waals surface area contributed by atoms with Crippen LogP contribution in [0.25, 0.3) is 28.2 Å². The van der Waals surface area contributed by atoms with Crippen molar-refractivity contribution in [1.29, 1.82) is 0 Å². The van der Waals surface area contributed by atoms with Crippen molar-refractivity contribution < 1.29 is 32.3 Å². The Labute approximate surface area is 165 Å².